The molecule has 4 rings (SSSR count). The molecule has 0 amide bonds. The molecule has 1 heterocycles. The molecule has 2 aliphatic rings. The van der Waals surface area contributed by atoms with Crippen molar-refractivity contribution in [3.63, 3.8) is 0 Å². The lowest BCUT2D eigenvalue weighted by atomic mass is 9.92. The number of para-hydroxylation sites is 2. The van der Waals surface area contributed by atoms with Crippen LogP contribution in [0, 0.1) is 0 Å². The highest BCUT2D eigenvalue weighted by molar-refractivity contribution is 5.40. The molecule has 0 unspecified atom stereocenters. The van der Waals surface area contributed by atoms with Gasteiger partial charge in [0.15, 0.2) is 11.5 Å². The lowest BCUT2D eigenvalue weighted by Crippen LogP contribution is -2.00. The number of hydrogen-bond donors (Lipinski definition) is 0. The predicted molar refractivity (Wildman–Crippen MR) is 75.6 cm³/mol. The average molecular weight is 254 g/mol. The van der Waals surface area contributed by atoms with Gasteiger partial charge >= 0.3 is 0 Å². The third-order valence-electron chi connectivity index (χ3n) is 3.54. The minimum atomic E-state index is 0.360. The Hall–Kier alpha value is -1.96. The molecular formula is C17H18O2. The minimum Gasteiger partial charge on any atom is -0.454 e. The molecular weight excluding hydrogens is 236 g/mol. The van der Waals surface area contributed by atoms with E-state index in [1.54, 1.807) is 11.1 Å². The van der Waals surface area contributed by atoms with Gasteiger partial charge in [-0.25, -0.2) is 0 Å². The SMILES string of the molecule is c1ccc2c(c1)CCCC2.c1ccc2c(c1)OCO2. The van der Waals surface area contributed by atoms with Crippen LogP contribution in [0.1, 0.15) is 24.0 Å². The second-order valence-corrected chi connectivity index (χ2v) is 4.83. The van der Waals surface area contributed by atoms with Crippen molar-refractivity contribution in [3.05, 3.63) is 59.7 Å². The lowest BCUT2D eigenvalue weighted by molar-refractivity contribution is 0.174. The van der Waals surface area contributed by atoms with Crippen molar-refractivity contribution in [2.24, 2.45) is 0 Å². The van der Waals surface area contributed by atoms with Gasteiger partial charge in [0.1, 0.15) is 0 Å². The van der Waals surface area contributed by atoms with Crippen molar-refractivity contribution >= 4 is 0 Å². The summed E-state index contributed by atoms with van der Waals surface area (Å²) in [6.07, 6.45) is 5.38. The highest BCUT2D eigenvalue weighted by Crippen LogP contribution is 2.30. The Kier molecular flexibility index (Phi) is 3.68. The van der Waals surface area contributed by atoms with E-state index in [-0.39, 0.29) is 0 Å². The van der Waals surface area contributed by atoms with Crippen LogP contribution in [0.3, 0.4) is 0 Å². The predicted octanol–water partition coefficient (Wildman–Crippen LogP) is 3.98. The molecule has 0 saturated carbocycles. The molecule has 2 heteroatoms. The van der Waals surface area contributed by atoms with Gasteiger partial charge in [-0.15, -0.1) is 0 Å². The van der Waals surface area contributed by atoms with Crippen molar-refractivity contribution in [2.45, 2.75) is 25.7 Å². The van der Waals surface area contributed by atoms with Crippen LogP contribution in [0.5, 0.6) is 11.5 Å². The number of aryl methyl sites for hydroxylation is 2. The second kappa shape index (κ2) is 5.79. The first-order valence-corrected chi connectivity index (χ1v) is 6.85. The Morgan fingerprint density at radius 1 is 0.632 bits per heavy atom. The van der Waals surface area contributed by atoms with Gasteiger partial charge in [-0.2, -0.15) is 0 Å². The maximum Gasteiger partial charge on any atom is 0.231 e. The monoisotopic (exact) mass is 254 g/mol. The fourth-order valence-electron chi connectivity index (χ4n) is 2.52. The zero-order valence-electron chi connectivity index (χ0n) is 11.0. The first kappa shape index (κ1) is 12.1. The summed E-state index contributed by atoms with van der Waals surface area (Å²) in [5.41, 5.74) is 3.16. The third-order valence-corrected chi connectivity index (χ3v) is 3.54. The quantitative estimate of drug-likeness (QED) is 0.708. The number of hydrogen-bond acceptors (Lipinski definition) is 2. The van der Waals surface area contributed by atoms with Crippen molar-refractivity contribution in [3.8, 4) is 11.5 Å². The smallest absolute Gasteiger partial charge is 0.231 e. The van der Waals surface area contributed by atoms with E-state index in [1.807, 2.05) is 24.3 Å². The third kappa shape index (κ3) is 2.90. The zero-order valence-corrected chi connectivity index (χ0v) is 11.0. The topological polar surface area (TPSA) is 18.5 Å². The van der Waals surface area contributed by atoms with E-state index in [9.17, 15) is 0 Å². The van der Waals surface area contributed by atoms with Crippen LogP contribution >= 0.6 is 0 Å². The molecule has 1 aliphatic carbocycles. The molecule has 0 spiro atoms. The number of ether oxygens (including phenoxy) is 2. The van der Waals surface area contributed by atoms with E-state index in [0.29, 0.717) is 6.79 Å². The zero-order chi connectivity index (χ0) is 12.9. The number of fused-ring (bicyclic) bond motifs is 2. The van der Waals surface area contributed by atoms with E-state index in [1.165, 1.54) is 25.7 Å². The summed E-state index contributed by atoms with van der Waals surface area (Å²) in [4.78, 5) is 0. The molecule has 0 fully saturated rings. The van der Waals surface area contributed by atoms with Gasteiger partial charge in [0.2, 0.25) is 6.79 Å². The summed E-state index contributed by atoms with van der Waals surface area (Å²) in [5.74, 6) is 1.69. The minimum absolute atomic E-state index is 0.360. The van der Waals surface area contributed by atoms with Crippen LogP contribution in [-0.2, 0) is 12.8 Å². The molecule has 2 aromatic carbocycles. The van der Waals surface area contributed by atoms with Gasteiger partial charge in [0.05, 0.1) is 0 Å². The Labute approximate surface area is 114 Å². The summed E-state index contributed by atoms with van der Waals surface area (Å²) in [6.45, 7) is 0.360. The summed E-state index contributed by atoms with van der Waals surface area (Å²) in [5, 5.41) is 0. The molecule has 98 valence electrons. The molecule has 0 radical (unpaired) electrons. The molecule has 0 saturated heterocycles. The van der Waals surface area contributed by atoms with E-state index < -0.39 is 0 Å². The molecule has 2 nitrogen and oxygen atoms in total. The van der Waals surface area contributed by atoms with Crippen LogP contribution in [0.4, 0.5) is 0 Å². The molecule has 1 aliphatic heterocycles. The van der Waals surface area contributed by atoms with E-state index in [0.717, 1.165) is 11.5 Å². The van der Waals surface area contributed by atoms with Gasteiger partial charge in [0, 0.05) is 0 Å². The maximum atomic E-state index is 5.08. The maximum absolute atomic E-state index is 5.08. The van der Waals surface area contributed by atoms with E-state index in [2.05, 4.69) is 24.3 Å². The molecule has 19 heavy (non-hydrogen) atoms. The normalized spacial score (nSPS) is 15.2. The lowest BCUT2D eigenvalue weighted by Gasteiger charge is -2.13. The first-order chi connectivity index (χ1) is 9.43. The Balaban J connectivity index is 0.000000117. The van der Waals surface area contributed by atoms with Gasteiger partial charge < -0.3 is 9.47 Å². The Morgan fingerprint density at radius 2 is 1.11 bits per heavy atom. The van der Waals surface area contributed by atoms with Crippen LogP contribution < -0.4 is 9.47 Å². The number of benzene rings is 2. The molecule has 0 N–H and O–H groups in total. The fourth-order valence-corrected chi connectivity index (χ4v) is 2.52. The molecule has 2 aromatic rings. The molecule has 0 atom stereocenters. The van der Waals surface area contributed by atoms with Crippen LogP contribution in [0.25, 0.3) is 0 Å². The fraction of sp³-hybridized carbons (Fsp3) is 0.294. The molecule has 0 aromatic heterocycles. The van der Waals surface area contributed by atoms with Gasteiger partial charge in [-0.05, 0) is 48.9 Å². The van der Waals surface area contributed by atoms with Gasteiger partial charge in [-0.1, -0.05) is 36.4 Å². The average Bonchev–Trinajstić information content (AvgIpc) is 2.96. The van der Waals surface area contributed by atoms with E-state index in [4.69, 9.17) is 9.47 Å². The standard InChI is InChI=1S/C10H12.C7H6O2/c1-2-6-10-8-4-3-7-9(10)5-1;1-2-4-7-6(3-1)8-5-9-7/h1-2,5-6H,3-4,7-8H2;1-4H,5H2. The summed E-state index contributed by atoms with van der Waals surface area (Å²) in [6, 6.07) is 16.4. The summed E-state index contributed by atoms with van der Waals surface area (Å²) >= 11 is 0. The van der Waals surface area contributed by atoms with E-state index >= 15 is 0 Å². The van der Waals surface area contributed by atoms with Crippen molar-refractivity contribution in [1.29, 1.82) is 0 Å². The van der Waals surface area contributed by atoms with Crippen LogP contribution in [0.2, 0.25) is 0 Å². The Bertz CT molecular complexity index is 500. The van der Waals surface area contributed by atoms with Crippen LogP contribution in [0.15, 0.2) is 48.5 Å². The van der Waals surface area contributed by atoms with Gasteiger partial charge in [-0.3, -0.25) is 0 Å². The van der Waals surface area contributed by atoms with Gasteiger partial charge in [0.25, 0.3) is 0 Å². The summed E-state index contributed by atoms with van der Waals surface area (Å²) < 4.78 is 10.2. The molecule has 0 bridgehead atoms. The van der Waals surface area contributed by atoms with Crippen molar-refractivity contribution in [2.75, 3.05) is 6.79 Å². The Morgan fingerprint density at radius 3 is 1.63 bits per heavy atom. The second-order valence-electron chi connectivity index (χ2n) is 4.83. The van der Waals surface area contributed by atoms with Crippen LogP contribution in [-0.4, -0.2) is 6.79 Å². The summed E-state index contributed by atoms with van der Waals surface area (Å²) in [7, 11) is 0. The first-order valence-electron chi connectivity index (χ1n) is 6.85. The van der Waals surface area contributed by atoms with Crippen molar-refractivity contribution < 1.29 is 9.47 Å². The number of rotatable bonds is 0. The largest absolute Gasteiger partial charge is 0.454 e. The highest BCUT2D eigenvalue weighted by atomic mass is 16.7. The van der Waals surface area contributed by atoms with Crippen molar-refractivity contribution in [1.82, 2.24) is 0 Å². The highest BCUT2D eigenvalue weighted by Gasteiger charge is 2.09.